The summed E-state index contributed by atoms with van der Waals surface area (Å²) in [5, 5.41) is 3.63. The number of fused-ring (bicyclic) bond motifs is 1. The number of hydrogen-bond acceptors (Lipinski definition) is 4. The fraction of sp³-hybridized carbons (Fsp3) is 0.471. The fourth-order valence-corrected chi connectivity index (χ4v) is 3.72. The largest absolute Gasteiger partial charge is 0.325 e. The molecule has 1 N–H and O–H groups in total. The number of hydrogen-bond donors (Lipinski definition) is 1. The maximum absolute atomic E-state index is 12.7. The fourth-order valence-electron chi connectivity index (χ4n) is 2.76. The van der Waals surface area contributed by atoms with Crippen LogP contribution < -0.4 is 5.32 Å². The lowest BCUT2D eigenvalue weighted by molar-refractivity contribution is -0.131. The van der Waals surface area contributed by atoms with Crippen molar-refractivity contribution in [3.63, 3.8) is 0 Å². The molecule has 1 aliphatic heterocycles. The van der Waals surface area contributed by atoms with E-state index in [0.29, 0.717) is 12.3 Å². The molecule has 0 spiro atoms. The van der Waals surface area contributed by atoms with E-state index in [1.54, 1.807) is 0 Å². The first-order chi connectivity index (χ1) is 10.9. The van der Waals surface area contributed by atoms with Crippen molar-refractivity contribution in [1.82, 2.24) is 15.2 Å². The van der Waals surface area contributed by atoms with Crippen molar-refractivity contribution in [2.45, 2.75) is 45.7 Å². The molecule has 122 valence electrons. The molecule has 1 aromatic heterocycles. The molecule has 2 heterocycles. The lowest BCUT2D eigenvalue weighted by atomic mass is 9.92. The number of carbonyl (C=O) groups excluding carboxylic acids is 2. The van der Waals surface area contributed by atoms with Crippen LogP contribution in [0.3, 0.4) is 0 Å². The maximum atomic E-state index is 12.7. The molecule has 1 fully saturated rings. The quantitative estimate of drug-likeness (QED) is 0.852. The molecule has 1 atom stereocenters. The van der Waals surface area contributed by atoms with Crippen molar-refractivity contribution < 1.29 is 9.59 Å². The first-order valence-corrected chi connectivity index (χ1v) is 8.69. The minimum Gasteiger partial charge on any atom is -0.323 e. The van der Waals surface area contributed by atoms with Crippen molar-refractivity contribution in [1.29, 1.82) is 0 Å². The summed E-state index contributed by atoms with van der Waals surface area (Å²) in [5.74, 6) is 0.345. The molecule has 2 aromatic rings. The second-order valence-electron chi connectivity index (χ2n) is 6.66. The summed E-state index contributed by atoms with van der Waals surface area (Å²) in [6.07, 6.45) is 1.56. The first kappa shape index (κ1) is 15.9. The second kappa shape index (κ2) is 5.92. The minimum absolute atomic E-state index is 0.151. The molecule has 0 unspecified atom stereocenters. The average molecular weight is 331 g/mol. The van der Waals surface area contributed by atoms with Crippen molar-refractivity contribution in [2.24, 2.45) is 5.92 Å². The average Bonchev–Trinajstić information content (AvgIpc) is 3.00. The topological polar surface area (TPSA) is 62.3 Å². The molecule has 5 nitrogen and oxygen atoms in total. The van der Waals surface area contributed by atoms with Crippen LogP contribution >= 0.6 is 11.3 Å². The van der Waals surface area contributed by atoms with Crippen LogP contribution in [-0.2, 0) is 11.3 Å². The third-order valence-corrected chi connectivity index (χ3v) is 5.22. The maximum Gasteiger partial charge on any atom is 0.325 e. The molecule has 23 heavy (non-hydrogen) atoms. The minimum atomic E-state index is -0.794. The highest BCUT2D eigenvalue weighted by Crippen LogP contribution is 2.28. The highest BCUT2D eigenvalue weighted by atomic mass is 32.1. The van der Waals surface area contributed by atoms with E-state index >= 15 is 0 Å². The number of aromatic nitrogens is 1. The highest BCUT2D eigenvalue weighted by molar-refractivity contribution is 7.18. The van der Waals surface area contributed by atoms with Gasteiger partial charge in [-0.05, 0) is 37.8 Å². The second-order valence-corrected chi connectivity index (χ2v) is 7.78. The zero-order valence-corrected chi connectivity index (χ0v) is 14.4. The Kier molecular flexibility index (Phi) is 4.10. The number of carbonyl (C=O) groups is 2. The zero-order chi connectivity index (χ0) is 16.6. The number of nitrogens with zero attached hydrogens (tertiary/aromatic N) is 2. The molecule has 3 rings (SSSR count). The number of thiazole rings is 1. The van der Waals surface area contributed by atoms with Crippen molar-refractivity contribution in [3.8, 4) is 0 Å². The van der Waals surface area contributed by atoms with Crippen LogP contribution in [0.25, 0.3) is 10.2 Å². The van der Waals surface area contributed by atoms with E-state index in [9.17, 15) is 9.59 Å². The smallest absolute Gasteiger partial charge is 0.323 e. The van der Waals surface area contributed by atoms with Crippen molar-refractivity contribution in [2.75, 3.05) is 0 Å². The Hall–Kier alpha value is -1.95. The van der Waals surface area contributed by atoms with Gasteiger partial charge >= 0.3 is 6.03 Å². The molecule has 3 amide bonds. The van der Waals surface area contributed by atoms with Crippen molar-refractivity contribution in [3.05, 3.63) is 29.3 Å². The molecule has 1 saturated heterocycles. The van der Waals surface area contributed by atoms with E-state index < -0.39 is 5.54 Å². The van der Waals surface area contributed by atoms with E-state index in [4.69, 9.17) is 0 Å². The number of rotatable bonds is 5. The van der Waals surface area contributed by atoms with Gasteiger partial charge in [0.1, 0.15) is 10.5 Å². The van der Waals surface area contributed by atoms with Gasteiger partial charge in [0.25, 0.3) is 5.91 Å². The Labute approximate surface area is 139 Å². The van der Waals surface area contributed by atoms with Crippen LogP contribution in [0.2, 0.25) is 0 Å². The van der Waals surface area contributed by atoms with E-state index in [1.165, 1.54) is 16.2 Å². The molecule has 1 aromatic carbocycles. The first-order valence-electron chi connectivity index (χ1n) is 7.87. The molecule has 0 bridgehead atoms. The van der Waals surface area contributed by atoms with Crippen molar-refractivity contribution >= 4 is 33.5 Å². The van der Waals surface area contributed by atoms with Gasteiger partial charge in [-0.2, -0.15) is 0 Å². The standard InChI is InChI=1S/C17H21N3O2S/c1-11(2)8-9-17(3)15(21)20(16(22)19-17)10-14-18-12-6-4-5-7-13(12)23-14/h4-7,11H,8-10H2,1-3H3,(H,19,22)/t17-/m1/s1. The van der Waals surface area contributed by atoms with Crippen LogP contribution in [0.5, 0.6) is 0 Å². The van der Waals surface area contributed by atoms with Gasteiger partial charge in [0, 0.05) is 0 Å². The van der Waals surface area contributed by atoms with Crippen LogP contribution in [0.1, 0.15) is 38.6 Å². The lowest BCUT2D eigenvalue weighted by Crippen LogP contribution is -2.44. The molecule has 0 aliphatic carbocycles. The Morgan fingerprint density at radius 2 is 2.04 bits per heavy atom. The third kappa shape index (κ3) is 3.08. The van der Waals surface area contributed by atoms with E-state index in [1.807, 2.05) is 31.2 Å². The monoisotopic (exact) mass is 331 g/mol. The van der Waals surface area contributed by atoms with Crippen LogP contribution in [-0.4, -0.2) is 27.4 Å². The Balaban J connectivity index is 1.77. The van der Waals surface area contributed by atoms with E-state index in [0.717, 1.165) is 21.6 Å². The lowest BCUT2D eigenvalue weighted by Gasteiger charge is -2.22. The predicted octanol–water partition coefficient (Wildman–Crippen LogP) is 3.54. The van der Waals surface area contributed by atoms with Gasteiger partial charge in [0.15, 0.2) is 0 Å². The zero-order valence-electron chi connectivity index (χ0n) is 13.6. The molecule has 6 heteroatoms. The van der Waals surface area contributed by atoms with Gasteiger partial charge in [-0.1, -0.05) is 26.0 Å². The van der Waals surface area contributed by atoms with Gasteiger partial charge in [-0.3, -0.25) is 9.69 Å². The number of nitrogens with one attached hydrogen (secondary N) is 1. The number of para-hydroxylation sites is 1. The normalized spacial score (nSPS) is 21.5. The van der Waals surface area contributed by atoms with Crippen LogP contribution in [0.4, 0.5) is 4.79 Å². The number of amides is 3. The third-order valence-electron chi connectivity index (χ3n) is 4.20. The van der Waals surface area contributed by atoms with Crippen LogP contribution in [0, 0.1) is 5.92 Å². The van der Waals surface area contributed by atoms with Gasteiger partial charge in [0.05, 0.1) is 16.8 Å². The Morgan fingerprint density at radius 3 is 2.74 bits per heavy atom. The van der Waals surface area contributed by atoms with Gasteiger partial charge < -0.3 is 5.32 Å². The molecular formula is C17H21N3O2S. The van der Waals surface area contributed by atoms with Gasteiger partial charge in [0.2, 0.25) is 0 Å². The summed E-state index contributed by atoms with van der Waals surface area (Å²) >= 11 is 1.52. The van der Waals surface area contributed by atoms with Crippen LogP contribution in [0.15, 0.2) is 24.3 Å². The van der Waals surface area contributed by atoms with E-state index in [-0.39, 0.29) is 18.5 Å². The summed E-state index contributed by atoms with van der Waals surface area (Å²) in [4.78, 5) is 30.7. The molecular weight excluding hydrogens is 310 g/mol. The molecule has 0 radical (unpaired) electrons. The summed E-state index contributed by atoms with van der Waals surface area (Å²) in [6.45, 7) is 6.28. The summed E-state index contributed by atoms with van der Waals surface area (Å²) in [5.41, 5.74) is 0.111. The highest BCUT2D eigenvalue weighted by Gasteiger charge is 2.47. The summed E-state index contributed by atoms with van der Waals surface area (Å²) < 4.78 is 1.07. The molecule has 0 saturated carbocycles. The van der Waals surface area contributed by atoms with E-state index in [2.05, 4.69) is 24.1 Å². The Bertz CT molecular complexity index is 722. The number of urea groups is 1. The van der Waals surface area contributed by atoms with Gasteiger partial charge in [-0.25, -0.2) is 9.78 Å². The van der Waals surface area contributed by atoms with Gasteiger partial charge in [-0.15, -0.1) is 11.3 Å². The Morgan fingerprint density at radius 1 is 1.30 bits per heavy atom. The number of imide groups is 1. The predicted molar refractivity (Wildman–Crippen MR) is 91.2 cm³/mol. The molecule has 1 aliphatic rings. The SMILES string of the molecule is CC(C)CC[C@@]1(C)NC(=O)N(Cc2nc3ccccc3s2)C1=O. The summed E-state index contributed by atoms with van der Waals surface area (Å²) in [6, 6.07) is 7.51. The number of benzene rings is 1. The summed E-state index contributed by atoms with van der Waals surface area (Å²) in [7, 11) is 0.